The van der Waals surface area contributed by atoms with E-state index in [1.165, 1.54) is 212 Å². The monoisotopic (exact) mass is 1400 g/mol. The molecule has 0 aliphatic rings. The van der Waals surface area contributed by atoms with Crippen molar-refractivity contribution in [2.24, 2.45) is 5.92 Å². The van der Waals surface area contributed by atoms with Crippen LogP contribution in [0.5, 0.6) is 0 Å². The molecule has 564 valence electrons. The Morgan fingerprint density at radius 3 is 0.747 bits per heavy atom. The molecule has 0 aliphatic heterocycles. The highest BCUT2D eigenvalue weighted by Crippen LogP contribution is 2.45. The number of ether oxygens (including phenoxy) is 4. The third-order valence-electron chi connectivity index (χ3n) is 18.1. The van der Waals surface area contributed by atoms with Crippen LogP contribution in [0.2, 0.25) is 0 Å². The summed E-state index contributed by atoms with van der Waals surface area (Å²) in [6.07, 6.45) is 58.3. The topological polar surface area (TPSA) is 237 Å². The first-order chi connectivity index (χ1) is 46.1. The first-order valence-corrected chi connectivity index (χ1v) is 42.7. The van der Waals surface area contributed by atoms with Crippen LogP contribution in [0.15, 0.2) is 0 Å². The van der Waals surface area contributed by atoms with Gasteiger partial charge in [-0.3, -0.25) is 37.3 Å². The molecule has 0 aromatic heterocycles. The van der Waals surface area contributed by atoms with Crippen LogP contribution in [-0.4, -0.2) is 96.7 Å². The molecule has 19 heteroatoms. The zero-order valence-electron chi connectivity index (χ0n) is 61.8. The second-order valence-corrected chi connectivity index (χ2v) is 30.5. The maximum Gasteiger partial charge on any atom is 0.472 e. The average Bonchev–Trinajstić information content (AvgIpc) is 3.06. The number of unbranched alkanes of at least 4 members (excludes halogenated alkanes) is 47. The summed E-state index contributed by atoms with van der Waals surface area (Å²) < 4.78 is 68.4. The smallest absolute Gasteiger partial charge is 0.462 e. The van der Waals surface area contributed by atoms with Gasteiger partial charge in [0, 0.05) is 25.7 Å². The molecular weight excluding hydrogens is 1250 g/mol. The zero-order chi connectivity index (χ0) is 69.8. The number of hydrogen-bond acceptors (Lipinski definition) is 15. The van der Waals surface area contributed by atoms with E-state index in [0.29, 0.717) is 25.7 Å². The SMILES string of the molecule is CCCCCCCCCCCCCCCCCCCC(=O)OC[C@H](COP(=O)(O)OC[C@@H](O)COP(=O)(O)OC[C@@H](COC(=O)CCCCCCCCC)OC(=O)CCCCCCCCCCCCC(C)CC)OC(=O)CCCCCCCCCCCCCCCCCCC. The molecule has 0 bridgehead atoms. The van der Waals surface area contributed by atoms with Gasteiger partial charge in [-0.2, -0.15) is 0 Å². The molecule has 0 amide bonds. The minimum atomic E-state index is -4.96. The summed E-state index contributed by atoms with van der Waals surface area (Å²) in [7, 11) is -9.91. The van der Waals surface area contributed by atoms with E-state index in [1.807, 2.05) is 0 Å². The van der Waals surface area contributed by atoms with Gasteiger partial charge >= 0.3 is 39.5 Å². The van der Waals surface area contributed by atoms with Gasteiger partial charge in [0.2, 0.25) is 0 Å². The van der Waals surface area contributed by atoms with Crippen LogP contribution in [0.4, 0.5) is 0 Å². The number of hydrogen-bond donors (Lipinski definition) is 3. The predicted octanol–water partition coefficient (Wildman–Crippen LogP) is 22.5. The number of phosphoric ester groups is 2. The molecular formula is C76H148O17P2. The number of carbonyl (C=O) groups excluding carboxylic acids is 4. The number of rotatable bonds is 76. The number of aliphatic hydroxyl groups excluding tert-OH is 1. The van der Waals surface area contributed by atoms with Crippen molar-refractivity contribution in [3.8, 4) is 0 Å². The van der Waals surface area contributed by atoms with Gasteiger partial charge in [-0.25, -0.2) is 9.13 Å². The van der Waals surface area contributed by atoms with E-state index >= 15 is 0 Å². The zero-order valence-corrected chi connectivity index (χ0v) is 63.6. The Bertz CT molecular complexity index is 1820. The van der Waals surface area contributed by atoms with Gasteiger partial charge in [-0.05, 0) is 31.6 Å². The molecule has 6 atom stereocenters. The largest absolute Gasteiger partial charge is 0.472 e. The quantitative estimate of drug-likeness (QED) is 0.0222. The van der Waals surface area contributed by atoms with E-state index < -0.39 is 97.5 Å². The van der Waals surface area contributed by atoms with Crippen LogP contribution in [0, 0.1) is 5.92 Å². The molecule has 0 saturated heterocycles. The van der Waals surface area contributed by atoms with E-state index in [-0.39, 0.29) is 25.7 Å². The lowest BCUT2D eigenvalue weighted by atomic mass is 9.99. The molecule has 3 unspecified atom stereocenters. The van der Waals surface area contributed by atoms with Crippen molar-refractivity contribution in [3.63, 3.8) is 0 Å². The maximum atomic E-state index is 13.1. The highest BCUT2D eigenvalue weighted by molar-refractivity contribution is 7.47. The van der Waals surface area contributed by atoms with E-state index in [0.717, 1.165) is 109 Å². The van der Waals surface area contributed by atoms with Gasteiger partial charge in [0.15, 0.2) is 12.2 Å². The fourth-order valence-corrected chi connectivity index (χ4v) is 13.3. The highest BCUT2D eigenvalue weighted by atomic mass is 31.2. The molecule has 0 rings (SSSR count). The molecule has 0 heterocycles. The summed E-state index contributed by atoms with van der Waals surface area (Å²) >= 11 is 0. The van der Waals surface area contributed by atoms with Crippen molar-refractivity contribution >= 4 is 39.5 Å². The molecule has 95 heavy (non-hydrogen) atoms. The van der Waals surface area contributed by atoms with Gasteiger partial charge in [-0.15, -0.1) is 0 Å². The Hall–Kier alpha value is -1.94. The summed E-state index contributed by atoms with van der Waals surface area (Å²) in [6, 6.07) is 0. The highest BCUT2D eigenvalue weighted by Gasteiger charge is 2.30. The first kappa shape index (κ1) is 93.1. The summed E-state index contributed by atoms with van der Waals surface area (Å²) in [4.78, 5) is 72.7. The van der Waals surface area contributed by atoms with E-state index in [1.54, 1.807) is 0 Å². The lowest BCUT2D eigenvalue weighted by Crippen LogP contribution is -2.30. The fraction of sp³-hybridized carbons (Fsp3) is 0.947. The van der Waals surface area contributed by atoms with Crippen molar-refractivity contribution in [3.05, 3.63) is 0 Å². The number of esters is 4. The molecule has 0 radical (unpaired) electrons. The molecule has 17 nitrogen and oxygen atoms in total. The predicted molar refractivity (Wildman–Crippen MR) is 386 cm³/mol. The van der Waals surface area contributed by atoms with Crippen molar-refractivity contribution < 1.29 is 80.2 Å². The Labute approximate surface area is 581 Å². The second kappa shape index (κ2) is 69.2. The minimum Gasteiger partial charge on any atom is -0.462 e. The Kier molecular flexibility index (Phi) is 67.7. The fourth-order valence-electron chi connectivity index (χ4n) is 11.7. The molecule has 0 aromatic rings. The van der Waals surface area contributed by atoms with E-state index in [9.17, 15) is 43.2 Å². The second-order valence-electron chi connectivity index (χ2n) is 27.6. The molecule has 0 fully saturated rings. The van der Waals surface area contributed by atoms with E-state index in [2.05, 4.69) is 34.6 Å². The van der Waals surface area contributed by atoms with Crippen LogP contribution in [0.25, 0.3) is 0 Å². The number of phosphoric acid groups is 2. The molecule has 0 saturated carbocycles. The standard InChI is InChI=1S/C76H148O17P2/c1-6-10-13-16-19-21-23-25-27-29-31-33-35-40-45-50-55-60-74(79)87-66-72(93-75(80)61-56-51-46-41-36-34-32-30-28-26-24-22-20-17-14-11-7-2)68-91-95(84,85)89-64-70(77)63-88-94(82,83)90-67-71(65-86-73(78)59-54-49-43-18-15-12-8-3)92-76(81)62-57-52-47-42-38-37-39-44-48-53-58-69(5)9-4/h69-72,77H,6-68H2,1-5H3,(H,82,83)(H,84,85)/t69?,70-,71+,72+/m0/s1. The maximum absolute atomic E-state index is 13.1. The van der Waals surface area contributed by atoms with Crippen LogP contribution in [0.3, 0.4) is 0 Å². The lowest BCUT2D eigenvalue weighted by Gasteiger charge is -2.21. The lowest BCUT2D eigenvalue weighted by molar-refractivity contribution is -0.161. The van der Waals surface area contributed by atoms with Gasteiger partial charge in [0.1, 0.15) is 19.3 Å². The number of aliphatic hydroxyl groups is 1. The third kappa shape index (κ3) is 69.0. The van der Waals surface area contributed by atoms with Gasteiger partial charge in [-0.1, -0.05) is 349 Å². The normalized spacial score (nSPS) is 14.2. The van der Waals surface area contributed by atoms with Gasteiger partial charge in [0.25, 0.3) is 0 Å². The summed E-state index contributed by atoms with van der Waals surface area (Å²) in [6.45, 7) is 7.28. The van der Waals surface area contributed by atoms with Crippen LogP contribution in [-0.2, 0) is 65.4 Å². The minimum absolute atomic E-state index is 0.106. The van der Waals surface area contributed by atoms with Gasteiger partial charge < -0.3 is 33.8 Å². The van der Waals surface area contributed by atoms with Crippen LogP contribution < -0.4 is 0 Å². The van der Waals surface area contributed by atoms with Crippen molar-refractivity contribution in [2.45, 2.75) is 419 Å². The van der Waals surface area contributed by atoms with Crippen molar-refractivity contribution in [1.29, 1.82) is 0 Å². The van der Waals surface area contributed by atoms with E-state index in [4.69, 9.17) is 37.0 Å². The Morgan fingerprint density at radius 2 is 0.505 bits per heavy atom. The Balaban J connectivity index is 5.20. The molecule has 0 aliphatic carbocycles. The van der Waals surface area contributed by atoms with Crippen molar-refractivity contribution in [1.82, 2.24) is 0 Å². The third-order valence-corrected chi connectivity index (χ3v) is 20.0. The van der Waals surface area contributed by atoms with Crippen LogP contribution >= 0.6 is 15.6 Å². The Morgan fingerprint density at radius 1 is 0.295 bits per heavy atom. The molecule has 0 spiro atoms. The molecule has 3 N–H and O–H groups in total. The average molecular weight is 1400 g/mol. The first-order valence-electron chi connectivity index (χ1n) is 39.7. The summed E-state index contributed by atoms with van der Waals surface area (Å²) in [5, 5.41) is 10.6. The summed E-state index contributed by atoms with van der Waals surface area (Å²) in [5.41, 5.74) is 0. The summed E-state index contributed by atoms with van der Waals surface area (Å²) in [5.74, 6) is -1.31. The molecule has 0 aromatic carbocycles. The van der Waals surface area contributed by atoms with Crippen molar-refractivity contribution in [2.75, 3.05) is 39.6 Å². The van der Waals surface area contributed by atoms with Crippen LogP contribution in [0.1, 0.15) is 401 Å². The van der Waals surface area contributed by atoms with Gasteiger partial charge in [0.05, 0.1) is 26.4 Å². The number of carbonyl (C=O) groups is 4.